The van der Waals surface area contributed by atoms with Crippen molar-refractivity contribution >= 4 is 23.7 Å². The normalized spacial score (nSPS) is 11.4. The van der Waals surface area contributed by atoms with Crippen LogP contribution in [0.2, 0.25) is 0 Å². The van der Waals surface area contributed by atoms with Gasteiger partial charge in [0.15, 0.2) is 5.82 Å². The van der Waals surface area contributed by atoms with Gasteiger partial charge in [-0.1, -0.05) is 0 Å². The SMILES string of the molecule is C[C@@H](NC(=O)OC(C)(C)C)C(=O)Nc1ccc(-c2ncc(C(=O)O)c(O)n2)cc1.c1c[nH]cn1. The van der Waals surface area contributed by atoms with E-state index in [2.05, 4.69) is 30.6 Å². The molecule has 3 aromatic rings. The van der Waals surface area contributed by atoms with E-state index in [4.69, 9.17) is 9.84 Å². The summed E-state index contributed by atoms with van der Waals surface area (Å²) in [5.41, 5.74) is -0.0998. The van der Waals surface area contributed by atoms with Crippen LogP contribution in [0.15, 0.2) is 49.2 Å². The number of carboxylic acids is 1. The maximum atomic E-state index is 12.2. The van der Waals surface area contributed by atoms with Crippen LogP contribution in [-0.4, -0.2) is 59.8 Å². The average Bonchev–Trinajstić information content (AvgIpc) is 3.32. The molecule has 0 spiro atoms. The Bertz CT molecular complexity index is 1090. The number of carbonyl (C=O) groups excluding carboxylic acids is 2. The van der Waals surface area contributed by atoms with Crippen molar-refractivity contribution in [2.24, 2.45) is 0 Å². The number of rotatable bonds is 5. The Morgan fingerprint density at radius 2 is 1.82 bits per heavy atom. The van der Waals surface area contributed by atoms with Gasteiger partial charge in [0.1, 0.15) is 17.2 Å². The van der Waals surface area contributed by atoms with Crippen molar-refractivity contribution < 1.29 is 29.3 Å². The number of carboxylic acid groups (broad SMARTS) is 1. The van der Waals surface area contributed by atoms with Crippen LogP contribution in [0.3, 0.4) is 0 Å². The summed E-state index contributed by atoms with van der Waals surface area (Å²) in [6, 6.07) is 5.53. The van der Waals surface area contributed by atoms with Crippen molar-refractivity contribution in [3.05, 3.63) is 54.7 Å². The number of H-pyrrole nitrogens is 1. The lowest BCUT2D eigenvalue weighted by atomic mass is 10.2. The summed E-state index contributed by atoms with van der Waals surface area (Å²) in [6.07, 6.45) is 5.40. The smallest absolute Gasteiger partial charge is 0.408 e. The minimum Gasteiger partial charge on any atom is -0.493 e. The first-order chi connectivity index (χ1) is 16.0. The van der Waals surface area contributed by atoms with E-state index in [1.54, 1.807) is 63.8 Å². The van der Waals surface area contributed by atoms with E-state index in [1.165, 1.54) is 6.92 Å². The van der Waals surface area contributed by atoms with Crippen molar-refractivity contribution in [1.82, 2.24) is 25.3 Å². The van der Waals surface area contributed by atoms with Crippen molar-refractivity contribution in [3.63, 3.8) is 0 Å². The monoisotopic (exact) mass is 470 g/mol. The molecule has 0 bridgehead atoms. The number of carbonyl (C=O) groups is 3. The first kappa shape index (κ1) is 25.8. The van der Waals surface area contributed by atoms with Crippen LogP contribution >= 0.6 is 0 Å². The van der Waals surface area contributed by atoms with Crippen molar-refractivity contribution in [2.75, 3.05) is 5.32 Å². The number of hydrogen-bond donors (Lipinski definition) is 5. The second-order valence-corrected chi connectivity index (χ2v) is 7.93. The quantitative estimate of drug-likeness (QED) is 0.375. The van der Waals surface area contributed by atoms with Gasteiger partial charge in [0, 0.05) is 29.8 Å². The summed E-state index contributed by atoms with van der Waals surface area (Å²) < 4.78 is 5.11. The summed E-state index contributed by atoms with van der Waals surface area (Å²) >= 11 is 0. The number of ether oxygens (including phenoxy) is 1. The molecule has 2 heterocycles. The zero-order valence-corrected chi connectivity index (χ0v) is 19.1. The number of nitrogens with zero attached hydrogens (tertiary/aromatic N) is 3. The van der Waals surface area contributed by atoms with E-state index in [1.807, 2.05) is 0 Å². The number of hydrogen-bond acceptors (Lipinski definition) is 8. The Balaban J connectivity index is 0.000000720. The van der Waals surface area contributed by atoms with Crippen LogP contribution in [0.4, 0.5) is 10.5 Å². The molecule has 5 N–H and O–H groups in total. The fourth-order valence-corrected chi connectivity index (χ4v) is 2.38. The van der Waals surface area contributed by atoms with Crippen molar-refractivity contribution in [3.8, 4) is 17.3 Å². The maximum Gasteiger partial charge on any atom is 0.408 e. The predicted octanol–water partition coefficient (Wildman–Crippen LogP) is 2.81. The number of imidazole rings is 1. The summed E-state index contributed by atoms with van der Waals surface area (Å²) in [7, 11) is 0. The lowest BCUT2D eigenvalue weighted by Gasteiger charge is -2.21. The number of benzene rings is 1. The number of aromatic amines is 1. The summed E-state index contributed by atoms with van der Waals surface area (Å²) in [4.78, 5) is 48.9. The van der Waals surface area contributed by atoms with Gasteiger partial charge in [0.25, 0.3) is 0 Å². The number of alkyl carbamates (subject to hydrolysis) is 1. The molecule has 3 rings (SSSR count). The highest BCUT2D eigenvalue weighted by Crippen LogP contribution is 2.21. The topological polar surface area (TPSA) is 179 Å². The van der Waals surface area contributed by atoms with Gasteiger partial charge >= 0.3 is 12.1 Å². The van der Waals surface area contributed by atoms with Gasteiger partial charge in [0.05, 0.1) is 6.33 Å². The van der Waals surface area contributed by atoms with E-state index in [9.17, 15) is 19.5 Å². The molecule has 2 aromatic heterocycles. The molecule has 0 aliphatic rings. The third-order valence-corrected chi connectivity index (χ3v) is 3.94. The van der Waals surface area contributed by atoms with Crippen LogP contribution in [0.25, 0.3) is 11.4 Å². The molecule has 0 radical (unpaired) electrons. The molecule has 180 valence electrons. The number of aromatic hydroxyl groups is 1. The number of nitrogens with one attached hydrogen (secondary N) is 3. The average molecular weight is 470 g/mol. The zero-order valence-electron chi connectivity index (χ0n) is 19.1. The minimum absolute atomic E-state index is 0.130. The minimum atomic E-state index is -1.33. The molecular weight excluding hydrogens is 444 g/mol. The molecule has 0 unspecified atom stereocenters. The zero-order chi connectivity index (χ0) is 25.3. The summed E-state index contributed by atoms with van der Waals surface area (Å²) in [5, 5.41) is 23.6. The Kier molecular flexibility index (Phi) is 8.65. The Labute approximate surface area is 195 Å². The van der Waals surface area contributed by atoms with E-state index in [0.29, 0.717) is 11.3 Å². The van der Waals surface area contributed by atoms with E-state index in [0.717, 1.165) is 6.20 Å². The number of aromatic nitrogens is 4. The van der Waals surface area contributed by atoms with Gasteiger partial charge in [-0.2, -0.15) is 4.98 Å². The van der Waals surface area contributed by atoms with E-state index in [-0.39, 0.29) is 5.82 Å². The molecular formula is C22H26N6O6. The third kappa shape index (κ3) is 8.22. The van der Waals surface area contributed by atoms with E-state index < -0.39 is 41.1 Å². The molecule has 2 amide bonds. The molecule has 1 atom stereocenters. The summed E-state index contributed by atoms with van der Waals surface area (Å²) in [5.74, 6) is -2.28. The first-order valence-corrected chi connectivity index (χ1v) is 10.1. The molecule has 0 aliphatic carbocycles. The number of anilines is 1. The molecule has 0 saturated carbocycles. The van der Waals surface area contributed by atoms with Gasteiger partial charge in [-0.25, -0.2) is 19.6 Å². The lowest BCUT2D eigenvalue weighted by molar-refractivity contribution is -0.117. The molecule has 0 aliphatic heterocycles. The summed E-state index contributed by atoms with van der Waals surface area (Å²) in [6.45, 7) is 6.68. The second-order valence-electron chi connectivity index (χ2n) is 7.93. The molecule has 12 heteroatoms. The fraction of sp³-hybridized carbons (Fsp3) is 0.273. The number of amides is 2. The second kappa shape index (κ2) is 11.4. The molecule has 34 heavy (non-hydrogen) atoms. The van der Waals surface area contributed by atoms with Crippen LogP contribution < -0.4 is 10.6 Å². The van der Waals surface area contributed by atoms with Crippen LogP contribution in [0, 0.1) is 0 Å². The molecule has 0 fully saturated rings. The Hall–Kier alpha value is -4.48. The fourth-order valence-electron chi connectivity index (χ4n) is 2.38. The highest BCUT2D eigenvalue weighted by Gasteiger charge is 2.21. The lowest BCUT2D eigenvalue weighted by Crippen LogP contribution is -2.43. The van der Waals surface area contributed by atoms with Gasteiger partial charge in [0.2, 0.25) is 11.8 Å². The first-order valence-electron chi connectivity index (χ1n) is 10.1. The van der Waals surface area contributed by atoms with Crippen LogP contribution in [0.5, 0.6) is 5.88 Å². The van der Waals surface area contributed by atoms with Crippen LogP contribution in [0.1, 0.15) is 38.1 Å². The largest absolute Gasteiger partial charge is 0.493 e. The highest BCUT2D eigenvalue weighted by atomic mass is 16.6. The van der Waals surface area contributed by atoms with Crippen molar-refractivity contribution in [1.29, 1.82) is 0 Å². The Morgan fingerprint density at radius 1 is 1.15 bits per heavy atom. The van der Waals surface area contributed by atoms with Gasteiger partial charge in [-0.15, -0.1) is 0 Å². The van der Waals surface area contributed by atoms with Gasteiger partial charge < -0.3 is 30.6 Å². The maximum absolute atomic E-state index is 12.2. The predicted molar refractivity (Wildman–Crippen MR) is 122 cm³/mol. The van der Waals surface area contributed by atoms with Gasteiger partial charge in [-0.05, 0) is 52.0 Å². The molecule has 1 aromatic carbocycles. The van der Waals surface area contributed by atoms with Crippen LogP contribution in [-0.2, 0) is 9.53 Å². The standard InChI is InChI=1S/C19H22N4O6.C3H4N2/c1-10(21-18(28)29-19(2,3)4)15(24)22-12-7-5-11(6-8-12)14-20-9-13(17(26)27)16(25)23-14;1-2-5-3-4-1/h5-10H,1-4H3,(H,21,28)(H,22,24)(H,26,27)(H,20,23,25);1-3H,(H,4,5)/t10-;/m1./s1. The third-order valence-electron chi connectivity index (χ3n) is 3.94. The highest BCUT2D eigenvalue weighted by molar-refractivity contribution is 5.96. The molecule has 12 nitrogen and oxygen atoms in total. The molecule has 0 saturated heterocycles. The van der Waals surface area contributed by atoms with Crippen molar-refractivity contribution in [2.45, 2.75) is 39.3 Å². The Morgan fingerprint density at radius 3 is 2.29 bits per heavy atom. The van der Waals surface area contributed by atoms with Gasteiger partial charge in [-0.3, -0.25) is 4.79 Å². The van der Waals surface area contributed by atoms with E-state index >= 15 is 0 Å². The number of aromatic carboxylic acids is 1.